The second kappa shape index (κ2) is 4.73. The van der Waals surface area contributed by atoms with Gasteiger partial charge in [-0.3, -0.25) is 4.79 Å². The highest BCUT2D eigenvalue weighted by Gasteiger charge is 2.53. The molecule has 21 heavy (non-hydrogen) atoms. The van der Waals surface area contributed by atoms with E-state index < -0.39 is 24.0 Å². The molecular weight excluding hydrogens is 281 g/mol. The second-order valence-electron chi connectivity index (χ2n) is 5.86. The van der Waals surface area contributed by atoms with E-state index in [9.17, 15) is 18.0 Å². The van der Waals surface area contributed by atoms with Gasteiger partial charge < -0.3 is 10.2 Å². The van der Waals surface area contributed by atoms with E-state index in [0.29, 0.717) is 31.6 Å². The van der Waals surface area contributed by atoms with Crippen LogP contribution in [-0.4, -0.2) is 31.7 Å². The third kappa shape index (κ3) is 2.31. The lowest BCUT2D eigenvalue weighted by Gasteiger charge is -2.33. The van der Waals surface area contributed by atoms with Crippen LogP contribution in [0.5, 0.6) is 0 Å². The van der Waals surface area contributed by atoms with Crippen LogP contribution < -0.4 is 10.2 Å². The van der Waals surface area contributed by atoms with Gasteiger partial charge >= 0.3 is 6.18 Å². The molecule has 1 fully saturated rings. The van der Waals surface area contributed by atoms with Crippen molar-refractivity contribution in [2.45, 2.75) is 31.4 Å². The maximum atomic E-state index is 12.8. The molecule has 3 rings (SSSR count). The summed E-state index contributed by atoms with van der Waals surface area (Å²) in [5.74, 6) is -0.401. The number of benzene rings is 1. The van der Waals surface area contributed by atoms with Gasteiger partial charge in [-0.1, -0.05) is 17.7 Å². The van der Waals surface area contributed by atoms with Crippen molar-refractivity contribution in [1.82, 2.24) is 5.32 Å². The van der Waals surface area contributed by atoms with Crippen LogP contribution >= 0.6 is 0 Å². The number of fused-ring (bicyclic) bond motifs is 2. The van der Waals surface area contributed by atoms with Gasteiger partial charge in [0, 0.05) is 5.69 Å². The number of halogens is 3. The van der Waals surface area contributed by atoms with Crippen molar-refractivity contribution in [1.29, 1.82) is 0 Å². The number of piperidine rings is 1. The zero-order chi connectivity index (χ0) is 15.3. The summed E-state index contributed by atoms with van der Waals surface area (Å²) >= 11 is 0. The fraction of sp³-hybridized carbons (Fsp3) is 0.533. The number of carbonyl (C=O) groups is 1. The van der Waals surface area contributed by atoms with Crippen molar-refractivity contribution in [2.24, 2.45) is 0 Å². The Morgan fingerprint density at radius 3 is 2.57 bits per heavy atom. The monoisotopic (exact) mass is 298 g/mol. The van der Waals surface area contributed by atoms with E-state index in [2.05, 4.69) is 5.32 Å². The number of aryl methyl sites for hydroxylation is 1. The number of nitrogens with zero attached hydrogens (tertiary/aromatic N) is 1. The molecule has 0 bridgehead atoms. The summed E-state index contributed by atoms with van der Waals surface area (Å²) in [6.07, 6.45) is -3.29. The molecule has 0 unspecified atom stereocenters. The normalized spacial score (nSPS) is 21.0. The molecule has 0 aromatic heterocycles. The Labute approximate surface area is 121 Å². The van der Waals surface area contributed by atoms with Crippen LogP contribution in [0.2, 0.25) is 0 Å². The highest BCUT2D eigenvalue weighted by atomic mass is 19.4. The summed E-state index contributed by atoms with van der Waals surface area (Å²) in [6, 6.07) is 5.27. The molecule has 2 aliphatic rings. The van der Waals surface area contributed by atoms with Gasteiger partial charge in [0.15, 0.2) is 0 Å². The molecule has 1 aromatic carbocycles. The lowest BCUT2D eigenvalue weighted by molar-refractivity contribution is -0.135. The lowest BCUT2D eigenvalue weighted by atomic mass is 9.74. The van der Waals surface area contributed by atoms with Crippen LogP contribution in [0.1, 0.15) is 24.0 Å². The smallest absolute Gasteiger partial charge is 0.317 e. The maximum absolute atomic E-state index is 12.8. The number of nitrogens with one attached hydrogen (secondary N) is 1. The molecule has 0 saturated carbocycles. The molecule has 6 heteroatoms. The first-order chi connectivity index (χ1) is 9.83. The summed E-state index contributed by atoms with van der Waals surface area (Å²) in [5.41, 5.74) is 1.37. The third-order valence-corrected chi connectivity index (χ3v) is 4.41. The van der Waals surface area contributed by atoms with Crippen molar-refractivity contribution in [3.8, 4) is 0 Å². The summed E-state index contributed by atoms with van der Waals surface area (Å²) in [6.45, 7) is 1.99. The molecule has 1 spiro atoms. The van der Waals surface area contributed by atoms with Crippen molar-refractivity contribution in [2.75, 3.05) is 24.5 Å². The molecule has 1 amide bonds. The third-order valence-electron chi connectivity index (χ3n) is 4.41. The second-order valence-corrected chi connectivity index (χ2v) is 5.86. The molecule has 2 aliphatic heterocycles. The molecule has 1 saturated heterocycles. The molecule has 1 aromatic rings. The van der Waals surface area contributed by atoms with Gasteiger partial charge in [-0.15, -0.1) is 0 Å². The molecule has 0 aliphatic carbocycles. The van der Waals surface area contributed by atoms with Crippen LogP contribution in [-0.2, 0) is 10.2 Å². The van der Waals surface area contributed by atoms with Gasteiger partial charge in [0.1, 0.15) is 6.54 Å². The van der Waals surface area contributed by atoms with Crippen molar-refractivity contribution in [3.05, 3.63) is 29.3 Å². The van der Waals surface area contributed by atoms with E-state index in [4.69, 9.17) is 0 Å². The minimum Gasteiger partial charge on any atom is -0.317 e. The highest BCUT2D eigenvalue weighted by molar-refractivity contribution is 6.08. The number of hydrogen-bond acceptors (Lipinski definition) is 2. The molecule has 0 radical (unpaired) electrons. The zero-order valence-electron chi connectivity index (χ0n) is 11.8. The zero-order valence-corrected chi connectivity index (χ0v) is 11.8. The van der Waals surface area contributed by atoms with Gasteiger partial charge in [0.2, 0.25) is 5.91 Å². The van der Waals surface area contributed by atoms with E-state index >= 15 is 0 Å². The molecule has 3 nitrogen and oxygen atoms in total. The SMILES string of the molecule is Cc1ccc2c(c1)C1(CCNCC1)C(=O)N2CC(F)(F)F. The first-order valence-corrected chi connectivity index (χ1v) is 7.04. The number of carbonyl (C=O) groups excluding carboxylic acids is 1. The standard InChI is InChI=1S/C15H17F3N2O/c1-10-2-3-12-11(8-10)14(4-6-19-7-5-14)13(21)20(12)9-15(16,17)18/h2-3,8,19H,4-7,9H2,1H3. The van der Waals surface area contributed by atoms with Crippen LogP contribution in [0.3, 0.4) is 0 Å². The first kappa shape index (κ1) is 14.4. The average molecular weight is 298 g/mol. The maximum Gasteiger partial charge on any atom is 0.406 e. The average Bonchev–Trinajstić information content (AvgIpc) is 2.62. The first-order valence-electron chi connectivity index (χ1n) is 7.04. The minimum atomic E-state index is -4.39. The van der Waals surface area contributed by atoms with Gasteiger partial charge in [-0.25, -0.2) is 0 Å². The largest absolute Gasteiger partial charge is 0.406 e. The summed E-state index contributed by atoms with van der Waals surface area (Å²) in [4.78, 5) is 13.6. The Balaban J connectivity index is 2.09. The van der Waals surface area contributed by atoms with Gasteiger partial charge in [0.25, 0.3) is 0 Å². The van der Waals surface area contributed by atoms with E-state index in [1.165, 1.54) is 0 Å². The number of alkyl halides is 3. The van der Waals surface area contributed by atoms with E-state index in [1.807, 2.05) is 13.0 Å². The highest BCUT2D eigenvalue weighted by Crippen LogP contribution is 2.48. The van der Waals surface area contributed by atoms with Gasteiger partial charge in [-0.2, -0.15) is 13.2 Å². The fourth-order valence-corrected chi connectivity index (χ4v) is 3.42. The van der Waals surface area contributed by atoms with Crippen LogP contribution in [0.15, 0.2) is 18.2 Å². The van der Waals surface area contributed by atoms with Crippen molar-refractivity contribution >= 4 is 11.6 Å². The van der Waals surface area contributed by atoms with Crippen molar-refractivity contribution in [3.63, 3.8) is 0 Å². The fourth-order valence-electron chi connectivity index (χ4n) is 3.42. The van der Waals surface area contributed by atoms with E-state index in [-0.39, 0.29) is 0 Å². The van der Waals surface area contributed by atoms with Crippen molar-refractivity contribution < 1.29 is 18.0 Å². The number of hydrogen-bond donors (Lipinski definition) is 1. The predicted molar refractivity (Wildman–Crippen MR) is 73.4 cm³/mol. The molecule has 114 valence electrons. The quantitative estimate of drug-likeness (QED) is 0.864. The van der Waals surface area contributed by atoms with Crippen LogP contribution in [0, 0.1) is 6.92 Å². The Hall–Kier alpha value is -1.56. The predicted octanol–water partition coefficient (Wildman–Crippen LogP) is 2.53. The molecule has 1 N–H and O–H groups in total. The Morgan fingerprint density at radius 2 is 1.95 bits per heavy atom. The number of rotatable bonds is 1. The van der Waals surface area contributed by atoms with E-state index in [0.717, 1.165) is 16.0 Å². The topological polar surface area (TPSA) is 32.3 Å². The number of amides is 1. The summed E-state index contributed by atoms with van der Waals surface area (Å²) < 4.78 is 38.4. The Kier molecular flexibility index (Phi) is 3.24. The van der Waals surface area contributed by atoms with Gasteiger partial charge in [0.05, 0.1) is 5.41 Å². The van der Waals surface area contributed by atoms with Crippen LogP contribution in [0.4, 0.5) is 18.9 Å². The molecular formula is C15H17F3N2O. The van der Waals surface area contributed by atoms with Crippen LogP contribution in [0.25, 0.3) is 0 Å². The number of anilines is 1. The Morgan fingerprint density at radius 1 is 1.29 bits per heavy atom. The summed E-state index contributed by atoms with van der Waals surface area (Å²) in [5, 5.41) is 3.17. The summed E-state index contributed by atoms with van der Waals surface area (Å²) in [7, 11) is 0. The van der Waals surface area contributed by atoms with E-state index in [1.54, 1.807) is 12.1 Å². The molecule has 2 heterocycles. The minimum absolute atomic E-state index is 0.401. The van der Waals surface area contributed by atoms with Gasteiger partial charge in [-0.05, 0) is 44.5 Å². The molecule has 0 atom stereocenters. The Bertz CT molecular complexity index is 577. The lowest BCUT2D eigenvalue weighted by Crippen LogP contribution is -2.49.